The fourth-order valence-electron chi connectivity index (χ4n) is 2.42. The number of hydrogen-bond donors (Lipinski definition) is 1. The van der Waals surface area contributed by atoms with Crippen LogP contribution in [0.4, 0.5) is 14.5 Å². The quantitative estimate of drug-likeness (QED) is 0.926. The molecule has 0 bridgehead atoms. The van der Waals surface area contributed by atoms with Crippen LogP contribution >= 0.6 is 11.6 Å². The summed E-state index contributed by atoms with van der Waals surface area (Å²) in [6.45, 7) is 0.157. The van der Waals surface area contributed by atoms with Crippen LogP contribution in [0.1, 0.15) is 17.2 Å². The molecule has 1 aliphatic rings. The fourth-order valence-corrected chi connectivity index (χ4v) is 2.65. The van der Waals surface area contributed by atoms with Crippen LogP contribution in [0.3, 0.4) is 0 Å². The Morgan fingerprint density at radius 3 is 2.52 bits per heavy atom. The van der Waals surface area contributed by atoms with Crippen molar-refractivity contribution in [2.45, 2.75) is 12.6 Å². The van der Waals surface area contributed by atoms with E-state index >= 15 is 0 Å². The van der Waals surface area contributed by atoms with Gasteiger partial charge < -0.3 is 10.6 Å². The molecule has 0 saturated heterocycles. The van der Waals surface area contributed by atoms with E-state index < -0.39 is 17.7 Å². The average molecular weight is 309 g/mol. The maximum atomic E-state index is 13.3. The summed E-state index contributed by atoms with van der Waals surface area (Å²) in [4.78, 5) is 13.6. The highest BCUT2D eigenvalue weighted by Gasteiger charge is 2.35. The number of carbonyl (C=O) groups excluding carboxylic acids is 1. The molecule has 1 unspecified atom stereocenters. The van der Waals surface area contributed by atoms with Crippen LogP contribution in [-0.2, 0) is 11.3 Å². The van der Waals surface area contributed by atoms with E-state index in [-0.39, 0.29) is 17.5 Å². The second-order valence-corrected chi connectivity index (χ2v) is 5.25. The van der Waals surface area contributed by atoms with Gasteiger partial charge in [-0.3, -0.25) is 4.79 Å². The number of halogens is 3. The number of fused-ring (bicyclic) bond motifs is 1. The molecule has 0 radical (unpaired) electrons. The summed E-state index contributed by atoms with van der Waals surface area (Å²) in [5.74, 6) is -1.23. The van der Waals surface area contributed by atoms with Crippen molar-refractivity contribution in [3.63, 3.8) is 0 Å². The van der Waals surface area contributed by atoms with E-state index in [0.29, 0.717) is 16.8 Å². The molecular formula is C15H11ClF2N2O. The first kappa shape index (κ1) is 14.0. The minimum atomic E-state index is -0.894. The highest BCUT2D eigenvalue weighted by Crippen LogP contribution is 2.36. The number of amides is 1. The lowest BCUT2D eigenvalue weighted by Gasteiger charge is -2.18. The number of hydrogen-bond acceptors (Lipinski definition) is 2. The van der Waals surface area contributed by atoms with Crippen molar-refractivity contribution in [2.24, 2.45) is 5.73 Å². The van der Waals surface area contributed by atoms with Crippen LogP contribution in [0.15, 0.2) is 36.4 Å². The van der Waals surface area contributed by atoms with Gasteiger partial charge in [0.1, 0.15) is 17.7 Å². The molecule has 0 aromatic heterocycles. The minimum absolute atomic E-state index is 0.157. The number of benzene rings is 2. The van der Waals surface area contributed by atoms with Crippen molar-refractivity contribution in [3.05, 3.63) is 64.2 Å². The topological polar surface area (TPSA) is 46.3 Å². The largest absolute Gasteiger partial charge is 0.316 e. The molecule has 3 rings (SSSR count). The van der Waals surface area contributed by atoms with Crippen LogP contribution in [0.2, 0.25) is 5.02 Å². The molecule has 1 aliphatic heterocycles. The Balaban J connectivity index is 1.98. The van der Waals surface area contributed by atoms with E-state index in [9.17, 15) is 13.6 Å². The summed E-state index contributed by atoms with van der Waals surface area (Å²) in [7, 11) is 0. The second-order valence-electron chi connectivity index (χ2n) is 4.84. The molecule has 2 aromatic rings. The zero-order valence-electron chi connectivity index (χ0n) is 10.8. The molecule has 6 heteroatoms. The molecule has 0 spiro atoms. The van der Waals surface area contributed by atoms with Gasteiger partial charge >= 0.3 is 0 Å². The van der Waals surface area contributed by atoms with Crippen LogP contribution in [-0.4, -0.2) is 5.91 Å². The molecule has 108 valence electrons. The fraction of sp³-hybridized carbons (Fsp3) is 0.133. The summed E-state index contributed by atoms with van der Waals surface area (Å²) >= 11 is 5.98. The van der Waals surface area contributed by atoms with E-state index in [1.165, 1.54) is 41.3 Å². The van der Waals surface area contributed by atoms with Crippen molar-refractivity contribution >= 4 is 23.2 Å². The number of nitrogens with zero attached hydrogens (tertiary/aromatic N) is 1. The lowest BCUT2D eigenvalue weighted by Crippen LogP contribution is -2.31. The van der Waals surface area contributed by atoms with Crippen LogP contribution in [0.5, 0.6) is 0 Å². The number of anilines is 1. The van der Waals surface area contributed by atoms with E-state index in [1.54, 1.807) is 0 Å². The van der Waals surface area contributed by atoms with Crippen molar-refractivity contribution < 1.29 is 13.6 Å². The Labute approximate surface area is 124 Å². The molecule has 1 amide bonds. The third-order valence-corrected chi connectivity index (χ3v) is 3.84. The summed E-state index contributed by atoms with van der Waals surface area (Å²) < 4.78 is 26.3. The van der Waals surface area contributed by atoms with Gasteiger partial charge in [0.2, 0.25) is 5.91 Å². The smallest absolute Gasteiger partial charge is 0.248 e. The zero-order chi connectivity index (χ0) is 15.1. The summed E-state index contributed by atoms with van der Waals surface area (Å²) in [5.41, 5.74) is 7.40. The molecular weight excluding hydrogens is 298 g/mol. The van der Waals surface area contributed by atoms with Crippen LogP contribution in [0.25, 0.3) is 0 Å². The van der Waals surface area contributed by atoms with E-state index in [4.69, 9.17) is 17.3 Å². The molecule has 3 nitrogen and oxygen atoms in total. The SMILES string of the molecule is NC1C(=O)N(Cc2ccc(F)cc2Cl)c2ccc(F)cc21. The third kappa shape index (κ3) is 2.39. The van der Waals surface area contributed by atoms with Gasteiger partial charge in [-0.05, 0) is 35.9 Å². The molecule has 0 aliphatic carbocycles. The first-order chi connectivity index (χ1) is 9.97. The number of rotatable bonds is 2. The molecule has 0 saturated carbocycles. The maximum absolute atomic E-state index is 13.3. The monoisotopic (exact) mass is 308 g/mol. The van der Waals surface area contributed by atoms with Crippen molar-refractivity contribution in [2.75, 3.05) is 4.90 Å². The molecule has 21 heavy (non-hydrogen) atoms. The van der Waals surface area contributed by atoms with Crippen molar-refractivity contribution in [1.29, 1.82) is 0 Å². The predicted molar refractivity (Wildman–Crippen MR) is 75.9 cm³/mol. The lowest BCUT2D eigenvalue weighted by atomic mass is 10.1. The van der Waals surface area contributed by atoms with Gasteiger partial charge in [0.25, 0.3) is 0 Å². The Morgan fingerprint density at radius 1 is 1.14 bits per heavy atom. The lowest BCUT2D eigenvalue weighted by molar-refractivity contribution is -0.119. The number of carbonyl (C=O) groups is 1. The second kappa shape index (κ2) is 5.09. The maximum Gasteiger partial charge on any atom is 0.248 e. The molecule has 0 fully saturated rings. The molecule has 1 heterocycles. The first-order valence-corrected chi connectivity index (χ1v) is 6.65. The van der Waals surface area contributed by atoms with Crippen molar-refractivity contribution in [1.82, 2.24) is 0 Å². The van der Waals surface area contributed by atoms with Gasteiger partial charge in [0.15, 0.2) is 0 Å². The Bertz CT molecular complexity index is 736. The Morgan fingerprint density at radius 2 is 1.81 bits per heavy atom. The van der Waals surface area contributed by atoms with Gasteiger partial charge in [-0.25, -0.2) is 8.78 Å². The average Bonchev–Trinajstić information content (AvgIpc) is 2.66. The highest BCUT2D eigenvalue weighted by molar-refractivity contribution is 6.31. The minimum Gasteiger partial charge on any atom is -0.316 e. The summed E-state index contributed by atoms with van der Waals surface area (Å²) in [6.07, 6.45) is 0. The van der Waals surface area contributed by atoms with Gasteiger partial charge in [0.05, 0.1) is 6.54 Å². The summed E-state index contributed by atoms with van der Waals surface area (Å²) in [6, 6.07) is 7.10. The van der Waals surface area contributed by atoms with Gasteiger partial charge in [-0.15, -0.1) is 0 Å². The standard InChI is InChI=1S/C15H11ClF2N2O/c16-12-6-10(18)2-1-8(12)7-20-13-4-3-9(17)5-11(13)14(19)15(20)21/h1-6,14H,7,19H2. The van der Waals surface area contributed by atoms with Crippen LogP contribution < -0.4 is 10.6 Å². The van der Waals surface area contributed by atoms with Gasteiger partial charge in [0, 0.05) is 16.3 Å². The predicted octanol–water partition coefficient (Wildman–Crippen LogP) is 3.16. The highest BCUT2D eigenvalue weighted by atomic mass is 35.5. The van der Waals surface area contributed by atoms with Crippen molar-refractivity contribution in [3.8, 4) is 0 Å². The zero-order valence-corrected chi connectivity index (χ0v) is 11.6. The first-order valence-electron chi connectivity index (χ1n) is 6.27. The van der Waals surface area contributed by atoms with E-state index in [0.717, 1.165) is 0 Å². The normalized spacial score (nSPS) is 17.2. The molecule has 2 aromatic carbocycles. The number of nitrogens with two attached hydrogens (primary N) is 1. The summed E-state index contributed by atoms with van der Waals surface area (Å²) in [5, 5.41) is 0.229. The molecule has 2 N–H and O–H groups in total. The molecule has 1 atom stereocenters. The van der Waals surface area contributed by atoms with E-state index in [2.05, 4.69) is 0 Å². The Hall–Kier alpha value is -1.98. The Kier molecular flexibility index (Phi) is 3.39. The third-order valence-electron chi connectivity index (χ3n) is 3.49. The van der Waals surface area contributed by atoms with E-state index in [1.807, 2.05) is 0 Å². The van der Waals surface area contributed by atoms with Crippen LogP contribution in [0, 0.1) is 11.6 Å². The van der Waals surface area contributed by atoms with Gasteiger partial charge in [-0.1, -0.05) is 17.7 Å². The van der Waals surface area contributed by atoms with Gasteiger partial charge in [-0.2, -0.15) is 0 Å².